The van der Waals surface area contributed by atoms with Crippen LogP contribution in [0.1, 0.15) is 11.1 Å². The summed E-state index contributed by atoms with van der Waals surface area (Å²) in [7, 11) is 0. The molecule has 0 saturated heterocycles. The van der Waals surface area contributed by atoms with E-state index in [0.29, 0.717) is 11.1 Å². The molecule has 0 saturated carbocycles. The molecule has 0 radical (unpaired) electrons. The standard InChI is InChI=1S/C50H29N5/c51-30-32-26-34(28-36(27-32)54-47-22-10-5-17-42(47)50-33(31-52)12-11-23-48(50)54)37-13-1-6-18-43(37)55-46-21-9-4-16-40(46)41-25-24-35(29-49(41)55)53-44-19-7-2-14-38(44)39-15-3-8-20-45(39)53/h1-29H. The first-order valence-electron chi connectivity index (χ1n) is 18.3. The van der Waals surface area contributed by atoms with E-state index in [4.69, 9.17) is 0 Å². The van der Waals surface area contributed by atoms with Crippen molar-refractivity contribution in [2.24, 2.45) is 0 Å². The van der Waals surface area contributed by atoms with Crippen molar-refractivity contribution in [2.75, 3.05) is 0 Å². The zero-order chi connectivity index (χ0) is 36.6. The monoisotopic (exact) mass is 699 g/mol. The first-order valence-corrected chi connectivity index (χ1v) is 18.3. The van der Waals surface area contributed by atoms with Crippen LogP contribution in [0.3, 0.4) is 0 Å². The van der Waals surface area contributed by atoms with Crippen LogP contribution in [0.4, 0.5) is 0 Å². The lowest BCUT2D eigenvalue weighted by atomic mass is 10.00. The largest absolute Gasteiger partial charge is 0.309 e. The van der Waals surface area contributed by atoms with Crippen molar-refractivity contribution in [3.8, 4) is 40.3 Å². The van der Waals surface area contributed by atoms with E-state index in [0.717, 1.165) is 61.0 Å². The highest BCUT2D eigenvalue weighted by atomic mass is 15.0. The molecule has 55 heavy (non-hydrogen) atoms. The molecule has 0 fully saturated rings. The zero-order valence-electron chi connectivity index (χ0n) is 29.5. The number of nitrogens with zero attached hydrogens (tertiary/aromatic N) is 5. The van der Waals surface area contributed by atoms with Gasteiger partial charge in [-0.1, -0.05) is 103 Å². The van der Waals surface area contributed by atoms with Crippen LogP contribution in [0, 0.1) is 22.7 Å². The Morgan fingerprint density at radius 2 is 0.909 bits per heavy atom. The van der Waals surface area contributed by atoms with Crippen LogP contribution in [0.15, 0.2) is 176 Å². The summed E-state index contributed by atoms with van der Waals surface area (Å²) in [6.45, 7) is 0. The summed E-state index contributed by atoms with van der Waals surface area (Å²) in [4.78, 5) is 0. The van der Waals surface area contributed by atoms with Gasteiger partial charge in [0.2, 0.25) is 0 Å². The summed E-state index contributed by atoms with van der Waals surface area (Å²) in [5.41, 5.74) is 12.5. The maximum atomic E-state index is 10.4. The van der Waals surface area contributed by atoms with Crippen molar-refractivity contribution in [1.29, 1.82) is 10.5 Å². The molecule has 0 atom stereocenters. The molecular formula is C50H29N5. The minimum atomic E-state index is 0.556. The van der Waals surface area contributed by atoms with E-state index in [1.807, 2.05) is 36.4 Å². The Morgan fingerprint density at radius 3 is 1.58 bits per heavy atom. The van der Waals surface area contributed by atoms with Crippen LogP contribution in [0.25, 0.3) is 93.6 Å². The van der Waals surface area contributed by atoms with E-state index >= 15 is 0 Å². The van der Waals surface area contributed by atoms with Crippen LogP contribution in [0.2, 0.25) is 0 Å². The summed E-state index contributed by atoms with van der Waals surface area (Å²) < 4.78 is 6.91. The molecule has 0 aliphatic rings. The third-order valence-corrected chi connectivity index (χ3v) is 11.1. The second kappa shape index (κ2) is 11.8. The molecule has 11 rings (SSSR count). The number of hydrogen-bond acceptors (Lipinski definition) is 2. The van der Waals surface area contributed by atoms with Gasteiger partial charge in [0.05, 0.1) is 62.1 Å². The second-order valence-corrected chi connectivity index (χ2v) is 14.0. The minimum absolute atomic E-state index is 0.556. The molecule has 0 N–H and O–H groups in total. The average Bonchev–Trinajstić information content (AvgIpc) is 3.89. The maximum absolute atomic E-state index is 10.4. The highest BCUT2D eigenvalue weighted by Crippen LogP contribution is 2.41. The number of rotatable bonds is 4. The normalized spacial score (nSPS) is 11.6. The summed E-state index contributed by atoms with van der Waals surface area (Å²) in [5, 5.41) is 27.2. The van der Waals surface area contributed by atoms with Gasteiger partial charge in [-0.3, -0.25) is 0 Å². The molecule has 0 spiro atoms. The Labute approximate surface area is 316 Å². The van der Waals surface area contributed by atoms with E-state index in [9.17, 15) is 10.5 Å². The number of para-hydroxylation sites is 5. The van der Waals surface area contributed by atoms with Gasteiger partial charge in [-0.25, -0.2) is 0 Å². The molecule has 8 aromatic carbocycles. The lowest BCUT2D eigenvalue weighted by Gasteiger charge is -2.17. The molecule has 5 nitrogen and oxygen atoms in total. The topological polar surface area (TPSA) is 62.4 Å². The van der Waals surface area contributed by atoms with Crippen molar-refractivity contribution < 1.29 is 0 Å². The van der Waals surface area contributed by atoms with Gasteiger partial charge in [-0.05, 0) is 78.4 Å². The first kappa shape index (κ1) is 30.7. The molecular weight excluding hydrogens is 671 g/mol. The molecule has 0 bridgehead atoms. The number of benzene rings is 8. The minimum Gasteiger partial charge on any atom is -0.309 e. The third-order valence-electron chi connectivity index (χ3n) is 11.1. The van der Waals surface area contributed by atoms with Gasteiger partial charge in [0, 0.05) is 49.3 Å². The average molecular weight is 700 g/mol. The summed E-state index contributed by atoms with van der Waals surface area (Å²) in [6.07, 6.45) is 0. The number of fused-ring (bicyclic) bond motifs is 9. The van der Waals surface area contributed by atoms with Gasteiger partial charge >= 0.3 is 0 Å². The molecule has 3 aromatic heterocycles. The molecule has 0 unspecified atom stereocenters. The van der Waals surface area contributed by atoms with Crippen LogP contribution in [0.5, 0.6) is 0 Å². The molecule has 0 aliphatic heterocycles. The van der Waals surface area contributed by atoms with E-state index in [2.05, 4.69) is 165 Å². The van der Waals surface area contributed by atoms with E-state index in [1.54, 1.807) is 0 Å². The third kappa shape index (κ3) is 4.45. The van der Waals surface area contributed by atoms with Gasteiger partial charge in [0.1, 0.15) is 0 Å². The Balaban J connectivity index is 1.18. The van der Waals surface area contributed by atoms with Gasteiger partial charge in [-0.2, -0.15) is 10.5 Å². The Bertz CT molecular complexity index is 3420. The summed E-state index contributed by atoms with van der Waals surface area (Å²) >= 11 is 0. The molecule has 0 aliphatic carbocycles. The molecule has 11 aromatic rings. The Morgan fingerprint density at radius 1 is 0.364 bits per heavy atom. The predicted octanol–water partition coefficient (Wildman–Crippen LogP) is 12.4. The fraction of sp³-hybridized carbons (Fsp3) is 0. The molecule has 3 heterocycles. The van der Waals surface area contributed by atoms with Crippen molar-refractivity contribution in [3.05, 3.63) is 187 Å². The van der Waals surface area contributed by atoms with Crippen LogP contribution < -0.4 is 0 Å². The van der Waals surface area contributed by atoms with Gasteiger partial charge in [-0.15, -0.1) is 0 Å². The van der Waals surface area contributed by atoms with Crippen molar-refractivity contribution >= 4 is 65.4 Å². The number of nitriles is 2. The molecule has 254 valence electrons. The van der Waals surface area contributed by atoms with Gasteiger partial charge < -0.3 is 13.7 Å². The number of aromatic nitrogens is 3. The second-order valence-electron chi connectivity index (χ2n) is 14.0. The summed E-state index contributed by atoms with van der Waals surface area (Å²) in [5.74, 6) is 0. The highest BCUT2D eigenvalue weighted by Gasteiger charge is 2.20. The molecule has 5 heteroatoms. The van der Waals surface area contributed by atoms with E-state index in [1.165, 1.54) is 32.6 Å². The lowest BCUT2D eigenvalue weighted by Crippen LogP contribution is -2.00. The predicted molar refractivity (Wildman–Crippen MR) is 224 cm³/mol. The first-order chi connectivity index (χ1) is 27.2. The van der Waals surface area contributed by atoms with Crippen molar-refractivity contribution in [3.63, 3.8) is 0 Å². The zero-order valence-corrected chi connectivity index (χ0v) is 29.5. The fourth-order valence-electron chi connectivity index (χ4n) is 8.82. The smallest absolute Gasteiger partial charge is 0.0998 e. The van der Waals surface area contributed by atoms with Gasteiger partial charge in [0.15, 0.2) is 0 Å². The maximum Gasteiger partial charge on any atom is 0.0998 e. The number of hydrogen-bond donors (Lipinski definition) is 0. The summed E-state index contributed by atoms with van der Waals surface area (Å²) in [6, 6.07) is 66.0. The highest BCUT2D eigenvalue weighted by molar-refractivity contribution is 6.13. The Hall–Kier alpha value is -7.86. The van der Waals surface area contributed by atoms with Gasteiger partial charge in [0.25, 0.3) is 0 Å². The van der Waals surface area contributed by atoms with Crippen LogP contribution >= 0.6 is 0 Å². The van der Waals surface area contributed by atoms with Crippen molar-refractivity contribution in [2.45, 2.75) is 0 Å². The lowest BCUT2D eigenvalue weighted by molar-refractivity contribution is 1.15. The van der Waals surface area contributed by atoms with Crippen LogP contribution in [-0.2, 0) is 0 Å². The quantitative estimate of drug-likeness (QED) is 0.184. The van der Waals surface area contributed by atoms with E-state index < -0.39 is 0 Å². The van der Waals surface area contributed by atoms with Crippen molar-refractivity contribution in [1.82, 2.24) is 13.7 Å². The van der Waals surface area contributed by atoms with Crippen LogP contribution in [-0.4, -0.2) is 13.7 Å². The van der Waals surface area contributed by atoms with E-state index in [-0.39, 0.29) is 0 Å². The molecule has 0 amide bonds. The Kier molecular flexibility index (Phi) is 6.61. The SMILES string of the molecule is N#Cc1cc(-c2ccccc2-n2c3ccccc3c3ccc(-n4c5ccccc5c5ccccc54)cc32)cc(-n2c3ccccc3c3c(C#N)cccc32)c1. The fourth-order valence-corrected chi connectivity index (χ4v) is 8.82.